The van der Waals surface area contributed by atoms with Crippen molar-refractivity contribution < 1.29 is 4.79 Å². The summed E-state index contributed by atoms with van der Waals surface area (Å²) in [6.07, 6.45) is 0. The van der Waals surface area contributed by atoms with Crippen molar-refractivity contribution in [1.29, 1.82) is 0 Å². The molecule has 0 saturated carbocycles. The monoisotopic (exact) mass is 455 g/mol. The van der Waals surface area contributed by atoms with Gasteiger partial charge in [0.25, 0.3) is 0 Å². The Labute approximate surface area is 191 Å². The first kappa shape index (κ1) is 21.4. The number of carbonyl (C=O) groups excluding carboxylic acids is 1. The van der Waals surface area contributed by atoms with Gasteiger partial charge in [-0.1, -0.05) is 29.3 Å². The van der Waals surface area contributed by atoms with Crippen LogP contribution in [0.5, 0.6) is 0 Å². The largest absolute Gasteiger partial charge is 0.352 e. The van der Waals surface area contributed by atoms with Crippen molar-refractivity contribution >= 4 is 40.7 Å². The van der Waals surface area contributed by atoms with Gasteiger partial charge in [0.1, 0.15) is 0 Å². The lowest BCUT2D eigenvalue weighted by Gasteiger charge is -2.35. The van der Waals surface area contributed by atoms with Crippen molar-refractivity contribution in [3.05, 3.63) is 69.7 Å². The predicted octanol–water partition coefficient (Wildman–Crippen LogP) is 5.42. The van der Waals surface area contributed by atoms with Crippen LogP contribution in [0.15, 0.2) is 48.5 Å². The van der Waals surface area contributed by atoms with Gasteiger partial charge >= 0.3 is 6.03 Å². The van der Waals surface area contributed by atoms with E-state index in [9.17, 15) is 4.79 Å². The van der Waals surface area contributed by atoms with Gasteiger partial charge in [0.2, 0.25) is 0 Å². The molecule has 1 aromatic heterocycles. The average Bonchev–Trinajstić information content (AvgIpc) is 2.77. The number of piperazine rings is 1. The van der Waals surface area contributed by atoms with E-state index < -0.39 is 0 Å². The van der Waals surface area contributed by atoms with E-state index in [2.05, 4.69) is 27.3 Å². The third-order valence-electron chi connectivity index (χ3n) is 5.51. The molecule has 0 bridgehead atoms. The van der Waals surface area contributed by atoms with Crippen LogP contribution in [0.4, 0.5) is 16.3 Å². The lowest BCUT2D eigenvalue weighted by molar-refractivity contribution is 0.208. The molecule has 2 aromatic carbocycles. The zero-order valence-corrected chi connectivity index (χ0v) is 18.9. The van der Waals surface area contributed by atoms with Gasteiger partial charge in [-0.15, -0.1) is 10.2 Å². The van der Waals surface area contributed by atoms with Crippen molar-refractivity contribution in [3.63, 3.8) is 0 Å². The van der Waals surface area contributed by atoms with E-state index in [4.69, 9.17) is 23.2 Å². The molecule has 0 unspecified atom stereocenters. The minimum Gasteiger partial charge on any atom is -0.352 e. The van der Waals surface area contributed by atoms with E-state index in [1.807, 2.05) is 48.2 Å². The highest BCUT2D eigenvalue weighted by Gasteiger charge is 2.22. The topological polar surface area (TPSA) is 61.4 Å². The quantitative estimate of drug-likeness (QED) is 0.572. The van der Waals surface area contributed by atoms with Crippen molar-refractivity contribution in [2.24, 2.45) is 0 Å². The summed E-state index contributed by atoms with van der Waals surface area (Å²) >= 11 is 12.2. The number of benzene rings is 2. The SMILES string of the molecule is Cc1ccc(NC(=O)N2CCN(c3ccc(-c4ccc(Cl)cc4Cl)nn3)CC2)cc1C. The molecular formula is C23H23Cl2N5O. The summed E-state index contributed by atoms with van der Waals surface area (Å²) in [5, 5.41) is 12.8. The summed E-state index contributed by atoms with van der Waals surface area (Å²) in [7, 11) is 0. The average molecular weight is 456 g/mol. The van der Waals surface area contributed by atoms with E-state index in [1.165, 1.54) is 5.56 Å². The Morgan fingerprint density at radius 1 is 0.903 bits per heavy atom. The van der Waals surface area contributed by atoms with Crippen LogP contribution in [-0.4, -0.2) is 47.3 Å². The highest BCUT2D eigenvalue weighted by atomic mass is 35.5. The molecule has 1 saturated heterocycles. The van der Waals surface area contributed by atoms with Crippen LogP contribution < -0.4 is 10.2 Å². The minimum atomic E-state index is -0.0817. The second kappa shape index (κ2) is 9.12. The molecule has 1 fully saturated rings. The molecule has 1 N–H and O–H groups in total. The molecule has 2 amide bonds. The van der Waals surface area contributed by atoms with E-state index >= 15 is 0 Å². The maximum absolute atomic E-state index is 12.6. The Kier molecular flexibility index (Phi) is 6.30. The maximum Gasteiger partial charge on any atom is 0.321 e. The molecule has 1 aliphatic rings. The number of nitrogens with zero attached hydrogens (tertiary/aromatic N) is 4. The number of carbonyl (C=O) groups is 1. The second-order valence-electron chi connectivity index (χ2n) is 7.60. The van der Waals surface area contributed by atoms with Gasteiger partial charge in [0, 0.05) is 42.5 Å². The van der Waals surface area contributed by atoms with E-state index in [1.54, 1.807) is 12.1 Å². The standard InChI is InChI=1S/C23H23Cl2N5O/c1-15-3-5-18(13-16(15)2)26-23(31)30-11-9-29(10-12-30)22-8-7-21(27-28-22)19-6-4-17(24)14-20(19)25/h3-8,13-14H,9-12H2,1-2H3,(H,26,31). The second-order valence-corrected chi connectivity index (χ2v) is 8.45. The fourth-order valence-electron chi connectivity index (χ4n) is 3.50. The molecule has 0 aliphatic carbocycles. The third-order valence-corrected chi connectivity index (χ3v) is 6.05. The van der Waals surface area contributed by atoms with Gasteiger partial charge in [-0.05, 0) is 67.4 Å². The first-order valence-electron chi connectivity index (χ1n) is 10.1. The summed E-state index contributed by atoms with van der Waals surface area (Å²) in [5.74, 6) is 0.781. The number of urea groups is 1. The Hall–Kier alpha value is -2.83. The van der Waals surface area contributed by atoms with Crippen LogP contribution in [0, 0.1) is 13.8 Å². The Bertz CT molecular complexity index is 1100. The highest BCUT2D eigenvalue weighted by molar-refractivity contribution is 6.36. The first-order valence-corrected chi connectivity index (χ1v) is 10.8. The van der Waals surface area contributed by atoms with Crippen molar-refractivity contribution in [2.45, 2.75) is 13.8 Å². The molecule has 160 valence electrons. The number of hydrogen-bond donors (Lipinski definition) is 1. The predicted molar refractivity (Wildman–Crippen MR) is 126 cm³/mol. The summed E-state index contributed by atoms with van der Waals surface area (Å²) < 4.78 is 0. The number of nitrogens with one attached hydrogen (secondary N) is 1. The molecule has 6 nitrogen and oxygen atoms in total. The highest BCUT2D eigenvalue weighted by Crippen LogP contribution is 2.29. The number of amides is 2. The number of halogens is 2. The van der Waals surface area contributed by atoms with E-state index in [0.717, 1.165) is 22.6 Å². The van der Waals surface area contributed by atoms with Gasteiger partial charge in [-0.3, -0.25) is 0 Å². The van der Waals surface area contributed by atoms with E-state index in [-0.39, 0.29) is 6.03 Å². The minimum absolute atomic E-state index is 0.0817. The molecule has 2 heterocycles. The summed E-state index contributed by atoms with van der Waals surface area (Å²) in [6.45, 7) is 6.70. The number of aromatic nitrogens is 2. The number of rotatable bonds is 3. The molecule has 8 heteroatoms. The molecule has 31 heavy (non-hydrogen) atoms. The molecule has 3 aromatic rings. The van der Waals surface area contributed by atoms with Crippen LogP contribution >= 0.6 is 23.2 Å². The van der Waals surface area contributed by atoms with Gasteiger partial charge in [0.15, 0.2) is 5.82 Å². The van der Waals surface area contributed by atoms with Gasteiger partial charge < -0.3 is 15.1 Å². The van der Waals surface area contributed by atoms with Crippen molar-refractivity contribution in [2.75, 3.05) is 36.4 Å². The van der Waals surface area contributed by atoms with Gasteiger partial charge in [-0.2, -0.15) is 0 Å². The fraction of sp³-hybridized carbons (Fsp3) is 0.261. The lowest BCUT2D eigenvalue weighted by Crippen LogP contribution is -2.50. The molecular weight excluding hydrogens is 433 g/mol. The van der Waals surface area contributed by atoms with E-state index in [0.29, 0.717) is 41.9 Å². The van der Waals surface area contributed by atoms with Crippen LogP contribution in [0.3, 0.4) is 0 Å². The Morgan fingerprint density at radius 2 is 1.68 bits per heavy atom. The Morgan fingerprint density at radius 3 is 2.32 bits per heavy atom. The molecule has 0 radical (unpaired) electrons. The van der Waals surface area contributed by atoms with Crippen molar-refractivity contribution in [1.82, 2.24) is 15.1 Å². The van der Waals surface area contributed by atoms with Crippen LogP contribution in [0.1, 0.15) is 11.1 Å². The fourth-order valence-corrected chi connectivity index (χ4v) is 4.00. The van der Waals surface area contributed by atoms with Gasteiger partial charge in [-0.25, -0.2) is 4.79 Å². The first-order chi connectivity index (χ1) is 14.9. The summed E-state index contributed by atoms with van der Waals surface area (Å²) in [4.78, 5) is 16.6. The molecule has 1 aliphatic heterocycles. The lowest BCUT2D eigenvalue weighted by atomic mass is 10.1. The smallest absolute Gasteiger partial charge is 0.321 e. The molecule has 0 atom stereocenters. The maximum atomic E-state index is 12.6. The number of hydrogen-bond acceptors (Lipinski definition) is 4. The van der Waals surface area contributed by atoms with Crippen LogP contribution in [0.2, 0.25) is 10.0 Å². The third kappa shape index (κ3) is 4.92. The summed E-state index contributed by atoms with van der Waals surface area (Å²) in [6, 6.07) is 15.0. The Balaban J connectivity index is 1.36. The number of anilines is 2. The van der Waals surface area contributed by atoms with Crippen LogP contribution in [0.25, 0.3) is 11.3 Å². The zero-order chi connectivity index (χ0) is 22.0. The molecule has 4 rings (SSSR count). The van der Waals surface area contributed by atoms with Crippen molar-refractivity contribution in [3.8, 4) is 11.3 Å². The van der Waals surface area contributed by atoms with Crippen LogP contribution in [-0.2, 0) is 0 Å². The van der Waals surface area contributed by atoms with Gasteiger partial charge in [0.05, 0.1) is 10.7 Å². The number of aryl methyl sites for hydroxylation is 2. The normalized spacial score (nSPS) is 13.9. The zero-order valence-electron chi connectivity index (χ0n) is 17.4. The molecule has 0 spiro atoms. The summed E-state index contributed by atoms with van der Waals surface area (Å²) in [5.41, 5.74) is 4.66.